The van der Waals surface area contributed by atoms with Crippen LogP contribution >= 0.6 is 0 Å². The minimum Gasteiger partial charge on any atom is -0.395 e. The van der Waals surface area contributed by atoms with Crippen LogP contribution < -0.4 is 0 Å². The fourth-order valence-corrected chi connectivity index (χ4v) is 2.19. The molecule has 90 valence electrons. The van der Waals surface area contributed by atoms with Gasteiger partial charge in [-0.2, -0.15) is 0 Å². The summed E-state index contributed by atoms with van der Waals surface area (Å²) in [5.41, 5.74) is 0. The minimum absolute atomic E-state index is 0.288. The molecule has 0 aromatic carbocycles. The monoisotopic (exact) mass is 215 g/mol. The zero-order valence-electron chi connectivity index (χ0n) is 10.1. The number of ether oxygens (including phenoxy) is 1. The van der Waals surface area contributed by atoms with E-state index in [9.17, 15) is 5.11 Å². The minimum atomic E-state index is 0.288. The van der Waals surface area contributed by atoms with Crippen molar-refractivity contribution in [1.29, 1.82) is 0 Å². The number of unbranched alkanes of at least 4 members (excludes halogenated alkanes) is 1. The molecule has 0 bridgehead atoms. The van der Waals surface area contributed by atoms with Crippen LogP contribution in [0, 0.1) is 5.92 Å². The first-order valence-corrected chi connectivity index (χ1v) is 6.22. The fourth-order valence-electron chi connectivity index (χ4n) is 2.19. The van der Waals surface area contributed by atoms with Crippen LogP contribution in [0.4, 0.5) is 0 Å². The van der Waals surface area contributed by atoms with Gasteiger partial charge in [0.05, 0.1) is 13.2 Å². The molecule has 1 heterocycles. The van der Waals surface area contributed by atoms with E-state index in [1.54, 1.807) is 0 Å². The van der Waals surface area contributed by atoms with Crippen molar-refractivity contribution < 1.29 is 9.84 Å². The summed E-state index contributed by atoms with van der Waals surface area (Å²) in [6.45, 7) is 8.46. The van der Waals surface area contributed by atoms with E-state index in [4.69, 9.17) is 4.74 Å². The Labute approximate surface area is 93.4 Å². The molecule has 0 aliphatic carbocycles. The summed E-state index contributed by atoms with van der Waals surface area (Å²) in [6, 6.07) is 0.361. The van der Waals surface area contributed by atoms with Gasteiger partial charge in [-0.3, -0.25) is 4.90 Å². The number of aliphatic hydroxyl groups excluding tert-OH is 1. The second-order valence-corrected chi connectivity index (χ2v) is 4.52. The van der Waals surface area contributed by atoms with Crippen LogP contribution in [0.5, 0.6) is 0 Å². The summed E-state index contributed by atoms with van der Waals surface area (Å²) >= 11 is 0. The van der Waals surface area contributed by atoms with E-state index in [1.165, 1.54) is 12.8 Å². The first-order chi connectivity index (χ1) is 7.29. The zero-order valence-corrected chi connectivity index (χ0v) is 10.1. The molecule has 0 radical (unpaired) electrons. The maximum atomic E-state index is 9.27. The Balaban J connectivity index is 2.10. The van der Waals surface area contributed by atoms with Crippen molar-refractivity contribution >= 4 is 0 Å². The summed E-state index contributed by atoms with van der Waals surface area (Å²) in [5.74, 6) is 0.630. The standard InChI is InChI=1S/C12H25NO2/c1-3-4-8-15-9-7-13-6-5-11(2)12(13)10-14/h11-12,14H,3-10H2,1-2H3. The fraction of sp³-hybridized carbons (Fsp3) is 1.00. The lowest BCUT2D eigenvalue weighted by atomic mass is 10.0. The van der Waals surface area contributed by atoms with E-state index < -0.39 is 0 Å². The normalized spacial score (nSPS) is 27.4. The third kappa shape index (κ3) is 4.09. The first-order valence-electron chi connectivity index (χ1n) is 6.22. The molecule has 1 aliphatic heterocycles. The third-order valence-electron chi connectivity index (χ3n) is 3.35. The molecule has 1 aliphatic rings. The van der Waals surface area contributed by atoms with E-state index in [0.29, 0.717) is 12.0 Å². The number of hydrogen-bond acceptors (Lipinski definition) is 3. The first kappa shape index (κ1) is 12.9. The molecule has 0 aromatic heterocycles. The number of rotatable bonds is 7. The van der Waals surface area contributed by atoms with E-state index in [0.717, 1.165) is 32.7 Å². The van der Waals surface area contributed by atoms with Gasteiger partial charge in [-0.05, 0) is 25.3 Å². The molecular weight excluding hydrogens is 190 g/mol. The summed E-state index contributed by atoms with van der Waals surface area (Å²) in [7, 11) is 0. The molecule has 1 saturated heterocycles. The largest absolute Gasteiger partial charge is 0.395 e. The topological polar surface area (TPSA) is 32.7 Å². The second kappa shape index (κ2) is 7.20. The van der Waals surface area contributed by atoms with Gasteiger partial charge in [-0.25, -0.2) is 0 Å². The van der Waals surface area contributed by atoms with Crippen molar-refractivity contribution in [2.45, 2.75) is 39.2 Å². The number of nitrogens with zero attached hydrogens (tertiary/aromatic N) is 1. The lowest BCUT2D eigenvalue weighted by Gasteiger charge is -2.24. The summed E-state index contributed by atoms with van der Waals surface area (Å²) in [6.07, 6.45) is 3.56. The highest BCUT2D eigenvalue weighted by Crippen LogP contribution is 2.22. The van der Waals surface area contributed by atoms with Crippen molar-refractivity contribution in [3.63, 3.8) is 0 Å². The average molecular weight is 215 g/mol. The molecule has 0 amide bonds. The molecule has 1 rings (SSSR count). The Morgan fingerprint density at radius 1 is 1.40 bits per heavy atom. The molecule has 1 fully saturated rings. The van der Waals surface area contributed by atoms with Crippen LogP contribution in [0.2, 0.25) is 0 Å². The highest BCUT2D eigenvalue weighted by molar-refractivity contribution is 4.83. The SMILES string of the molecule is CCCCOCCN1CCC(C)C1CO. The van der Waals surface area contributed by atoms with Crippen LogP contribution in [-0.4, -0.2) is 49.0 Å². The van der Waals surface area contributed by atoms with Crippen molar-refractivity contribution in [2.75, 3.05) is 32.9 Å². The van der Waals surface area contributed by atoms with Crippen molar-refractivity contribution in [1.82, 2.24) is 4.90 Å². The van der Waals surface area contributed by atoms with Crippen molar-refractivity contribution in [3.8, 4) is 0 Å². The molecular formula is C12H25NO2. The molecule has 0 aromatic rings. The highest BCUT2D eigenvalue weighted by atomic mass is 16.5. The molecule has 2 unspecified atom stereocenters. The van der Waals surface area contributed by atoms with E-state index in [-0.39, 0.29) is 6.61 Å². The van der Waals surface area contributed by atoms with Gasteiger partial charge in [0.15, 0.2) is 0 Å². The van der Waals surface area contributed by atoms with Crippen LogP contribution in [0.15, 0.2) is 0 Å². The van der Waals surface area contributed by atoms with E-state index >= 15 is 0 Å². The Hall–Kier alpha value is -0.120. The van der Waals surface area contributed by atoms with Crippen molar-refractivity contribution in [3.05, 3.63) is 0 Å². The van der Waals surface area contributed by atoms with Crippen LogP contribution in [-0.2, 0) is 4.74 Å². The molecule has 3 nitrogen and oxygen atoms in total. The van der Waals surface area contributed by atoms with E-state index in [1.807, 2.05) is 0 Å². The lowest BCUT2D eigenvalue weighted by molar-refractivity contribution is 0.0774. The lowest BCUT2D eigenvalue weighted by Crippen LogP contribution is -2.37. The molecule has 0 saturated carbocycles. The second-order valence-electron chi connectivity index (χ2n) is 4.52. The molecule has 2 atom stereocenters. The number of likely N-dealkylation sites (tertiary alicyclic amines) is 1. The molecule has 3 heteroatoms. The van der Waals surface area contributed by atoms with Gasteiger partial charge < -0.3 is 9.84 Å². The highest BCUT2D eigenvalue weighted by Gasteiger charge is 2.29. The van der Waals surface area contributed by atoms with Crippen LogP contribution in [0.3, 0.4) is 0 Å². The Morgan fingerprint density at radius 2 is 2.20 bits per heavy atom. The van der Waals surface area contributed by atoms with Gasteiger partial charge in [-0.1, -0.05) is 20.3 Å². The summed E-state index contributed by atoms with van der Waals surface area (Å²) in [5, 5.41) is 9.27. The maximum Gasteiger partial charge on any atom is 0.0593 e. The molecule has 1 N–H and O–H groups in total. The Bertz CT molecular complexity index is 164. The Kier molecular flexibility index (Phi) is 6.22. The van der Waals surface area contributed by atoms with Gasteiger partial charge in [-0.15, -0.1) is 0 Å². The predicted octanol–water partition coefficient (Wildman–Crippen LogP) is 1.51. The average Bonchev–Trinajstić information content (AvgIpc) is 2.59. The molecule has 0 spiro atoms. The smallest absolute Gasteiger partial charge is 0.0593 e. The quantitative estimate of drug-likeness (QED) is 0.653. The van der Waals surface area contributed by atoms with Gasteiger partial charge in [0.25, 0.3) is 0 Å². The maximum absolute atomic E-state index is 9.27. The van der Waals surface area contributed by atoms with Crippen LogP contribution in [0.1, 0.15) is 33.1 Å². The Morgan fingerprint density at radius 3 is 2.87 bits per heavy atom. The van der Waals surface area contributed by atoms with Gasteiger partial charge in [0, 0.05) is 19.2 Å². The summed E-state index contributed by atoms with van der Waals surface area (Å²) < 4.78 is 5.54. The zero-order chi connectivity index (χ0) is 11.1. The number of aliphatic hydroxyl groups is 1. The summed E-state index contributed by atoms with van der Waals surface area (Å²) in [4.78, 5) is 2.36. The predicted molar refractivity (Wildman–Crippen MR) is 62.0 cm³/mol. The number of hydrogen-bond donors (Lipinski definition) is 1. The van der Waals surface area contributed by atoms with Crippen molar-refractivity contribution in [2.24, 2.45) is 5.92 Å². The van der Waals surface area contributed by atoms with Gasteiger partial charge in [0.1, 0.15) is 0 Å². The third-order valence-corrected chi connectivity index (χ3v) is 3.35. The van der Waals surface area contributed by atoms with Gasteiger partial charge in [0.2, 0.25) is 0 Å². The van der Waals surface area contributed by atoms with E-state index in [2.05, 4.69) is 18.7 Å². The van der Waals surface area contributed by atoms with Gasteiger partial charge >= 0.3 is 0 Å². The molecule has 15 heavy (non-hydrogen) atoms. The van der Waals surface area contributed by atoms with Crippen LogP contribution in [0.25, 0.3) is 0 Å².